The molecule has 2 nitrogen and oxygen atoms in total. The highest BCUT2D eigenvalue weighted by atomic mass is 35.5. The molecule has 0 aromatic rings. The maximum atomic E-state index is 5.68. The first kappa shape index (κ1) is 5.63. The van der Waals surface area contributed by atoms with Gasteiger partial charge in [0, 0.05) is 24.5 Å². The van der Waals surface area contributed by atoms with Gasteiger partial charge in [0.2, 0.25) is 0 Å². The van der Waals surface area contributed by atoms with Gasteiger partial charge in [-0.2, -0.15) is 0 Å². The van der Waals surface area contributed by atoms with Gasteiger partial charge in [0.25, 0.3) is 0 Å². The number of alkyl halides is 1. The molecule has 2 N–H and O–H groups in total. The molecule has 0 aromatic heterocycles. The lowest BCUT2D eigenvalue weighted by Crippen LogP contribution is -2.14. The third kappa shape index (κ3) is 1.01. The first-order valence-electron chi connectivity index (χ1n) is 2.42. The Labute approximate surface area is 53.0 Å². The summed E-state index contributed by atoms with van der Waals surface area (Å²) in [5, 5.41) is -0.0347. The minimum atomic E-state index is -0.0347. The van der Waals surface area contributed by atoms with Crippen LogP contribution in [0.4, 0.5) is 0 Å². The summed E-state index contributed by atoms with van der Waals surface area (Å²) in [4.78, 5) is 3.81. The molecule has 0 aromatic carbocycles. The van der Waals surface area contributed by atoms with E-state index in [2.05, 4.69) is 4.99 Å². The van der Waals surface area contributed by atoms with Crippen LogP contribution < -0.4 is 5.73 Å². The summed E-state index contributed by atoms with van der Waals surface area (Å²) >= 11 is 5.68. The van der Waals surface area contributed by atoms with E-state index in [4.69, 9.17) is 17.3 Å². The number of aliphatic imine (C=N–C) groups is 1. The van der Waals surface area contributed by atoms with Gasteiger partial charge >= 0.3 is 0 Å². The molecule has 0 saturated carbocycles. The third-order valence-corrected chi connectivity index (χ3v) is 1.43. The lowest BCUT2D eigenvalue weighted by atomic mass is 10.2. The first-order valence-corrected chi connectivity index (χ1v) is 2.85. The molecule has 0 radical (unpaired) electrons. The molecule has 0 bridgehead atoms. The predicted molar refractivity (Wildman–Crippen MR) is 35.0 cm³/mol. The van der Waals surface area contributed by atoms with E-state index in [9.17, 15) is 0 Å². The van der Waals surface area contributed by atoms with Crippen molar-refractivity contribution < 1.29 is 0 Å². The van der Waals surface area contributed by atoms with Crippen molar-refractivity contribution in [3.05, 3.63) is 11.9 Å². The van der Waals surface area contributed by atoms with Crippen LogP contribution in [0.2, 0.25) is 0 Å². The summed E-state index contributed by atoms with van der Waals surface area (Å²) in [6.45, 7) is 0. The van der Waals surface area contributed by atoms with E-state index in [0.29, 0.717) is 5.70 Å². The number of hydrogen-bond acceptors (Lipinski definition) is 2. The number of hydrogen-bond donors (Lipinski definition) is 1. The average molecular weight is 131 g/mol. The van der Waals surface area contributed by atoms with Crippen molar-refractivity contribution in [1.29, 1.82) is 0 Å². The van der Waals surface area contributed by atoms with E-state index in [-0.39, 0.29) is 5.38 Å². The highest BCUT2D eigenvalue weighted by Crippen LogP contribution is 2.10. The molecule has 0 spiro atoms. The zero-order chi connectivity index (χ0) is 5.98. The van der Waals surface area contributed by atoms with Crippen LogP contribution in [0.1, 0.15) is 6.42 Å². The van der Waals surface area contributed by atoms with Crippen molar-refractivity contribution >= 4 is 17.8 Å². The van der Waals surface area contributed by atoms with E-state index >= 15 is 0 Å². The second-order valence-corrected chi connectivity index (χ2v) is 2.19. The van der Waals surface area contributed by atoms with E-state index in [1.54, 1.807) is 12.4 Å². The van der Waals surface area contributed by atoms with Gasteiger partial charge in [-0.15, -0.1) is 11.6 Å². The van der Waals surface area contributed by atoms with E-state index in [1.807, 2.05) is 0 Å². The molecule has 1 unspecified atom stereocenters. The van der Waals surface area contributed by atoms with Crippen LogP contribution in [-0.2, 0) is 0 Å². The standard InChI is InChI=1S/C5H7ClN2/c6-4-1-2-8-3-5(4)7/h2-4H,1,7H2. The van der Waals surface area contributed by atoms with Gasteiger partial charge in [0.05, 0.1) is 5.38 Å². The van der Waals surface area contributed by atoms with Crippen LogP contribution in [-0.4, -0.2) is 11.6 Å². The van der Waals surface area contributed by atoms with Gasteiger partial charge < -0.3 is 5.73 Å². The maximum absolute atomic E-state index is 5.68. The Morgan fingerprint density at radius 2 is 2.62 bits per heavy atom. The van der Waals surface area contributed by atoms with Crippen molar-refractivity contribution in [2.45, 2.75) is 11.8 Å². The van der Waals surface area contributed by atoms with Gasteiger partial charge in [-0.25, -0.2) is 0 Å². The largest absolute Gasteiger partial charge is 0.400 e. The molecule has 0 aliphatic carbocycles. The summed E-state index contributed by atoms with van der Waals surface area (Å²) in [7, 11) is 0. The number of allylic oxidation sites excluding steroid dienone is 1. The van der Waals surface area contributed by atoms with Crippen LogP contribution in [0.15, 0.2) is 16.9 Å². The fourth-order valence-corrected chi connectivity index (χ4v) is 0.645. The molecule has 1 rings (SSSR count). The van der Waals surface area contributed by atoms with Crippen LogP contribution >= 0.6 is 11.6 Å². The monoisotopic (exact) mass is 130 g/mol. The van der Waals surface area contributed by atoms with Gasteiger partial charge in [0.1, 0.15) is 0 Å². The van der Waals surface area contributed by atoms with Crippen molar-refractivity contribution in [3.8, 4) is 0 Å². The highest BCUT2D eigenvalue weighted by molar-refractivity contribution is 6.23. The predicted octanol–water partition coefficient (Wildman–Crippen LogP) is 0.868. The van der Waals surface area contributed by atoms with Gasteiger partial charge in [-0.3, -0.25) is 4.99 Å². The number of rotatable bonds is 0. The summed E-state index contributed by atoms with van der Waals surface area (Å²) < 4.78 is 0. The molecule has 1 atom stereocenters. The first-order chi connectivity index (χ1) is 3.80. The number of nitrogens with two attached hydrogens (primary N) is 1. The van der Waals surface area contributed by atoms with Crippen LogP contribution in [0.3, 0.4) is 0 Å². The van der Waals surface area contributed by atoms with Crippen molar-refractivity contribution in [2.24, 2.45) is 10.7 Å². The average Bonchev–Trinajstić information content (AvgIpc) is 1.77. The summed E-state index contributed by atoms with van der Waals surface area (Å²) in [5.74, 6) is 0. The Hall–Kier alpha value is -0.500. The Bertz CT molecular complexity index is 139. The maximum Gasteiger partial charge on any atom is 0.0794 e. The lowest BCUT2D eigenvalue weighted by molar-refractivity contribution is 0.981. The van der Waals surface area contributed by atoms with Gasteiger partial charge in [-0.05, 0) is 0 Å². The van der Waals surface area contributed by atoms with E-state index in [0.717, 1.165) is 6.42 Å². The molecule has 1 heterocycles. The van der Waals surface area contributed by atoms with Crippen LogP contribution in [0.5, 0.6) is 0 Å². The molecular weight excluding hydrogens is 124 g/mol. The molecule has 8 heavy (non-hydrogen) atoms. The second kappa shape index (κ2) is 2.18. The Morgan fingerprint density at radius 3 is 3.00 bits per heavy atom. The van der Waals surface area contributed by atoms with Gasteiger partial charge in [-0.1, -0.05) is 0 Å². The molecule has 0 amide bonds. The summed E-state index contributed by atoms with van der Waals surface area (Å²) in [6.07, 6.45) is 4.10. The van der Waals surface area contributed by atoms with Crippen LogP contribution in [0.25, 0.3) is 0 Å². The van der Waals surface area contributed by atoms with Crippen LogP contribution in [0, 0.1) is 0 Å². The second-order valence-electron chi connectivity index (χ2n) is 1.66. The smallest absolute Gasteiger partial charge is 0.0794 e. The topological polar surface area (TPSA) is 38.4 Å². The minimum absolute atomic E-state index is 0.0347. The molecule has 1 aliphatic rings. The zero-order valence-corrected chi connectivity index (χ0v) is 5.10. The Morgan fingerprint density at radius 1 is 1.88 bits per heavy atom. The third-order valence-electron chi connectivity index (χ3n) is 1.00. The molecule has 1 aliphatic heterocycles. The minimum Gasteiger partial charge on any atom is -0.400 e. The van der Waals surface area contributed by atoms with Crippen molar-refractivity contribution in [3.63, 3.8) is 0 Å². The van der Waals surface area contributed by atoms with Crippen molar-refractivity contribution in [2.75, 3.05) is 0 Å². The van der Waals surface area contributed by atoms with Crippen molar-refractivity contribution in [1.82, 2.24) is 0 Å². The van der Waals surface area contributed by atoms with E-state index in [1.165, 1.54) is 0 Å². The fourth-order valence-electron chi connectivity index (χ4n) is 0.509. The summed E-state index contributed by atoms with van der Waals surface area (Å²) in [6, 6.07) is 0. The quantitative estimate of drug-likeness (QED) is 0.486. The Balaban J connectivity index is 2.66. The molecule has 44 valence electrons. The van der Waals surface area contributed by atoms with E-state index < -0.39 is 0 Å². The fraction of sp³-hybridized carbons (Fsp3) is 0.400. The zero-order valence-electron chi connectivity index (χ0n) is 4.34. The SMILES string of the molecule is NC1=CN=CCC1Cl. The normalized spacial score (nSPS) is 27.6. The number of halogens is 1. The molecule has 0 saturated heterocycles. The molecule has 3 heteroatoms. The van der Waals surface area contributed by atoms with Gasteiger partial charge in [0.15, 0.2) is 0 Å². The highest BCUT2D eigenvalue weighted by Gasteiger charge is 2.07. The molecular formula is C5H7ClN2. The number of nitrogens with zero attached hydrogens (tertiary/aromatic N) is 1. The Kier molecular flexibility index (Phi) is 1.53. The lowest BCUT2D eigenvalue weighted by Gasteiger charge is -2.07. The summed E-state index contributed by atoms with van der Waals surface area (Å²) in [5.41, 5.74) is 6.05. The molecule has 0 fully saturated rings.